The molecule has 2 atom stereocenters. The van der Waals surface area contributed by atoms with Crippen molar-refractivity contribution in [1.82, 2.24) is 4.90 Å². The second kappa shape index (κ2) is 6.75. The van der Waals surface area contributed by atoms with E-state index in [1.54, 1.807) is 6.26 Å². The summed E-state index contributed by atoms with van der Waals surface area (Å²) >= 11 is 1.36. The van der Waals surface area contributed by atoms with Crippen molar-refractivity contribution in [3.05, 3.63) is 39.9 Å². The van der Waals surface area contributed by atoms with Gasteiger partial charge in [-0.2, -0.15) is 0 Å². The summed E-state index contributed by atoms with van der Waals surface area (Å²) < 4.78 is 4.93. The molecule has 0 saturated carbocycles. The number of rotatable bonds is 6. The Morgan fingerprint density at radius 3 is 2.68 bits per heavy atom. The summed E-state index contributed by atoms with van der Waals surface area (Å²) in [5, 5.41) is 20.1. The Bertz CT molecular complexity index is 591. The lowest BCUT2D eigenvalue weighted by Gasteiger charge is -2.41. The number of nitro benzene ring substituents is 1. The molecule has 0 aliphatic carbocycles. The quantitative estimate of drug-likeness (QED) is 0.357. The van der Waals surface area contributed by atoms with Crippen molar-refractivity contribution < 1.29 is 24.4 Å². The number of likely N-dealkylation sites (tertiary alicyclic amines) is 1. The van der Waals surface area contributed by atoms with Crippen molar-refractivity contribution in [2.45, 2.75) is 24.6 Å². The van der Waals surface area contributed by atoms with Crippen LogP contribution in [0.25, 0.3) is 0 Å². The van der Waals surface area contributed by atoms with Crippen LogP contribution in [0.5, 0.6) is 0 Å². The van der Waals surface area contributed by atoms with E-state index in [1.165, 1.54) is 36.0 Å². The van der Waals surface area contributed by atoms with E-state index in [0.717, 1.165) is 4.90 Å². The lowest BCUT2D eigenvalue weighted by Crippen LogP contribution is -2.58. The molecule has 0 radical (unpaired) electrons. The van der Waals surface area contributed by atoms with Crippen molar-refractivity contribution in [2.24, 2.45) is 0 Å². The van der Waals surface area contributed by atoms with Crippen LogP contribution in [0.3, 0.4) is 0 Å². The molecule has 1 aromatic rings. The number of aliphatic hydroxyl groups excluding tert-OH is 1. The van der Waals surface area contributed by atoms with Crippen molar-refractivity contribution >= 4 is 29.3 Å². The fraction of sp³-hybridized carbons (Fsp3) is 0.385. The zero-order chi connectivity index (χ0) is 16.3. The number of nitrogens with zero attached hydrogens (tertiary/aromatic N) is 2. The molecule has 22 heavy (non-hydrogen) atoms. The zero-order valence-corrected chi connectivity index (χ0v) is 12.5. The topological polar surface area (TPSA) is 110 Å². The van der Waals surface area contributed by atoms with Gasteiger partial charge < -0.3 is 9.84 Å². The fourth-order valence-electron chi connectivity index (χ4n) is 1.95. The SMILES string of the molecule is CSC1CC(=O)N1C(O)C(=O)OCc1ccc([N+](=O)[O-])cc1. The lowest BCUT2D eigenvalue weighted by molar-refractivity contribution is -0.384. The minimum atomic E-state index is -1.63. The number of ether oxygens (including phenoxy) is 1. The predicted octanol–water partition coefficient (Wildman–Crippen LogP) is 0.878. The average Bonchev–Trinajstić information content (AvgIpc) is 2.50. The molecule has 0 spiro atoms. The summed E-state index contributed by atoms with van der Waals surface area (Å²) in [5.41, 5.74) is 0.478. The molecule has 1 amide bonds. The summed E-state index contributed by atoms with van der Waals surface area (Å²) in [7, 11) is 0. The number of non-ortho nitro benzene ring substituents is 1. The third kappa shape index (κ3) is 3.37. The summed E-state index contributed by atoms with van der Waals surface area (Å²) in [6.07, 6.45) is 0.434. The number of β-lactam (4-membered cyclic amide) rings is 1. The number of carbonyl (C=O) groups excluding carboxylic acids is 2. The molecule has 2 unspecified atom stereocenters. The van der Waals surface area contributed by atoms with Gasteiger partial charge in [-0.05, 0) is 24.0 Å². The summed E-state index contributed by atoms with van der Waals surface area (Å²) in [4.78, 5) is 34.2. The highest BCUT2D eigenvalue weighted by Crippen LogP contribution is 2.29. The molecule has 1 heterocycles. The number of nitro groups is 1. The number of hydrogen-bond donors (Lipinski definition) is 1. The Morgan fingerprint density at radius 1 is 1.55 bits per heavy atom. The third-order valence-corrected chi connectivity index (χ3v) is 4.16. The van der Waals surface area contributed by atoms with Gasteiger partial charge in [0.05, 0.1) is 16.7 Å². The summed E-state index contributed by atoms with van der Waals surface area (Å²) in [6, 6.07) is 5.50. The normalized spacial score (nSPS) is 18.5. The first-order valence-corrected chi connectivity index (χ1v) is 7.65. The van der Waals surface area contributed by atoms with Gasteiger partial charge >= 0.3 is 5.97 Å². The van der Waals surface area contributed by atoms with Crippen LogP contribution in [0.2, 0.25) is 0 Å². The van der Waals surface area contributed by atoms with Crippen LogP contribution in [0.15, 0.2) is 24.3 Å². The summed E-state index contributed by atoms with van der Waals surface area (Å²) in [6.45, 7) is -0.139. The molecule has 118 valence electrons. The van der Waals surface area contributed by atoms with Gasteiger partial charge in [-0.15, -0.1) is 11.8 Å². The minimum Gasteiger partial charge on any atom is -0.457 e. The summed E-state index contributed by atoms with van der Waals surface area (Å²) in [5.74, 6) is -1.23. The van der Waals surface area contributed by atoms with E-state index in [-0.39, 0.29) is 30.0 Å². The molecule has 1 aromatic carbocycles. The molecule has 8 nitrogen and oxygen atoms in total. The number of carbonyl (C=O) groups is 2. The van der Waals surface area contributed by atoms with Crippen LogP contribution in [0.1, 0.15) is 12.0 Å². The Balaban J connectivity index is 1.89. The maximum Gasteiger partial charge on any atom is 0.356 e. The fourth-order valence-corrected chi connectivity index (χ4v) is 2.72. The molecule has 1 fully saturated rings. The van der Waals surface area contributed by atoms with E-state index in [9.17, 15) is 24.8 Å². The maximum absolute atomic E-state index is 11.7. The largest absolute Gasteiger partial charge is 0.457 e. The molecule has 1 N–H and O–H groups in total. The van der Waals surface area contributed by atoms with Crippen molar-refractivity contribution in [1.29, 1.82) is 0 Å². The van der Waals surface area contributed by atoms with E-state index >= 15 is 0 Å². The molecule has 0 bridgehead atoms. The second-order valence-electron chi connectivity index (χ2n) is 4.60. The van der Waals surface area contributed by atoms with Crippen LogP contribution in [-0.4, -0.2) is 44.7 Å². The van der Waals surface area contributed by atoms with E-state index in [4.69, 9.17) is 4.74 Å². The highest BCUT2D eigenvalue weighted by molar-refractivity contribution is 7.99. The van der Waals surface area contributed by atoms with Crippen LogP contribution < -0.4 is 0 Å². The van der Waals surface area contributed by atoms with Crippen LogP contribution in [0.4, 0.5) is 5.69 Å². The average molecular weight is 326 g/mol. The van der Waals surface area contributed by atoms with Gasteiger partial charge in [0.25, 0.3) is 5.69 Å². The van der Waals surface area contributed by atoms with Gasteiger partial charge in [0, 0.05) is 12.1 Å². The molecule has 1 aliphatic rings. The maximum atomic E-state index is 11.7. The van der Waals surface area contributed by atoms with Gasteiger partial charge in [-0.25, -0.2) is 4.79 Å². The van der Waals surface area contributed by atoms with Crippen LogP contribution in [-0.2, 0) is 20.9 Å². The van der Waals surface area contributed by atoms with Crippen molar-refractivity contribution in [3.63, 3.8) is 0 Å². The second-order valence-corrected chi connectivity index (χ2v) is 5.62. The lowest BCUT2D eigenvalue weighted by atomic mass is 10.2. The van der Waals surface area contributed by atoms with Crippen LogP contribution >= 0.6 is 11.8 Å². The number of thioether (sulfide) groups is 1. The molecule has 9 heteroatoms. The standard InChI is InChI=1S/C13H14N2O6S/c1-22-11-6-10(16)14(11)12(17)13(18)21-7-8-2-4-9(5-3-8)15(19)20/h2-5,11-12,17H,6-7H2,1H3. The van der Waals surface area contributed by atoms with E-state index in [1.807, 2.05) is 0 Å². The van der Waals surface area contributed by atoms with E-state index < -0.39 is 17.1 Å². The molecule has 1 saturated heterocycles. The molecular weight excluding hydrogens is 312 g/mol. The number of hydrogen-bond acceptors (Lipinski definition) is 7. The van der Waals surface area contributed by atoms with Crippen molar-refractivity contribution in [2.75, 3.05) is 6.26 Å². The third-order valence-electron chi connectivity index (χ3n) is 3.22. The zero-order valence-electron chi connectivity index (χ0n) is 11.7. The van der Waals surface area contributed by atoms with Gasteiger partial charge in [0.15, 0.2) is 0 Å². The first-order chi connectivity index (χ1) is 10.4. The number of esters is 1. The number of benzene rings is 1. The van der Waals surface area contributed by atoms with Gasteiger partial charge in [0.2, 0.25) is 12.1 Å². The van der Waals surface area contributed by atoms with Crippen molar-refractivity contribution in [3.8, 4) is 0 Å². The molecular formula is C13H14N2O6S. The smallest absolute Gasteiger partial charge is 0.356 e. The van der Waals surface area contributed by atoms with Gasteiger partial charge in [0.1, 0.15) is 6.61 Å². The highest BCUT2D eigenvalue weighted by Gasteiger charge is 2.43. The first-order valence-electron chi connectivity index (χ1n) is 6.36. The predicted molar refractivity (Wildman–Crippen MR) is 77.7 cm³/mol. The Labute approximate surface area is 130 Å². The molecule has 2 rings (SSSR count). The molecule has 1 aliphatic heterocycles. The number of amides is 1. The highest BCUT2D eigenvalue weighted by atomic mass is 32.2. The number of aliphatic hydroxyl groups is 1. The monoisotopic (exact) mass is 326 g/mol. The van der Waals surface area contributed by atoms with E-state index in [2.05, 4.69) is 0 Å². The van der Waals surface area contributed by atoms with Gasteiger partial charge in [-0.1, -0.05) is 0 Å². The Morgan fingerprint density at radius 2 is 2.18 bits per heavy atom. The Kier molecular flexibility index (Phi) is 4.99. The van der Waals surface area contributed by atoms with Crippen LogP contribution in [0, 0.1) is 10.1 Å². The Hall–Kier alpha value is -2.13. The first kappa shape index (κ1) is 16.2. The van der Waals surface area contributed by atoms with E-state index in [0.29, 0.717) is 5.56 Å². The van der Waals surface area contributed by atoms with Gasteiger partial charge in [-0.3, -0.25) is 19.8 Å². The molecule has 0 aromatic heterocycles. The minimum absolute atomic E-state index is 0.0656.